The van der Waals surface area contributed by atoms with Crippen LogP contribution in [0.2, 0.25) is 0 Å². The summed E-state index contributed by atoms with van der Waals surface area (Å²) < 4.78 is 1.94. The summed E-state index contributed by atoms with van der Waals surface area (Å²) in [5.41, 5.74) is 7.08. The number of rotatable bonds is 3. The molecule has 0 saturated carbocycles. The van der Waals surface area contributed by atoms with E-state index in [1.807, 2.05) is 17.9 Å². The van der Waals surface area contributed by atoms with Gasteiger partial charge in [0.1, 0.15) is 0 Å². The van der Waals surface area contributed by atoms with Crippen molar-refractivity contribution in [3.63, 3.8) is 0 Å². The predicted octanol–water partition coefficient (Wildman–Crippen LogP) is -0.505. The Bertz CT molecular complexity index is 335. The summed E-state index contributed by atoms with van der Waals surface area (Å²) in [7, 11) is 4.15. The van der Waals surface area contributed by atoms with Gasteiger partial charge in [-0.3, -0.25) is 9.58 Å². The van der Waals surface area contributed by atoms with E-state index in [9.17, 15) is 0 Å². The second kappa shape index (κ2) is 4.95. The zero-order valence-electron chi connectivity index (χ0n) is 10.1. The number of hydrogen-bond acceptors (Lipinski definition) is 4. The molecule has 1 unspecified atom stereocenters. The third-order valence-electron chi connectivity index (χ3n) is 3.37. The Balaban J connectivity index is 2.01. The van der Waals surface area contributed by atoms with E-state index in [0.717, 1.165) is 32.7 Å². The van der Waals surface area contributed by atoms with Gasteiger partial charge in [0.15, 0.2) is 0 Å². The minimum atomic E-state index is 0.466. The van der Waals surface area contributed by atoms with Crippen LogP contribution in [0, 0.1) is 0 Å². The highest BCUT2D eigenvalue weighted by atomic mass is 15.3. The molecular weight excluding hydrogens is 202 g/mol. The molecular formula is C11H21N5. The van der Waals surface area contributed by atoms with Crippen LogP contribution in [0.5, 0.6) is 0 Å². The molecule has 1 fully saturated rings. The standard InChI is InChI=1S/C11H21N5/c1-14-5-6-16(11(7-12)8-14)9-10-3-4-13-15(10)2/h3-4,11H,5-9,12H2,1-2H3. The van der Waals surface area contributed by atoms with Gasteiger partial charge < -0.3 is 10.6 Å². The molecule has 1 atom stereocenters. The molecule has 0 amide bonds. The SMILES string of the molecule is CN1CCN(Cc2ccnn2C)C(CN)C1. The lowest BCUT2D eigenvalue weighted by Crippen LogP contribution is -2.54. The highest BCUT2D eigenvalue weighted by Gasteiger charge is 2.24. The van der Waals surface area contributed by atoms with Gasteiger partial charge >= 0.3 is 0 Å². The van der Waals surface area contributed by atoms with Gasteiger partial charge in [0.2, 0.25) is 0 Å². The lowest BCUT2D eigenvalue weighted by atomic mass is 10.1. The second-order valence-corrected chi connectivity index (χ2v) is 4.57. The molecule has 5 nitrogen and oxygen atoms in total. The minimum absolute atomic E-state index is 0.466. The first-order chi connectivity index (χ1) is 7.70. The fourth-order valence-corrected chi connectivity index (χ4v) is 2.24. The number of nitrogens with two attached hydrogens (primary N) is 1. The molecule has 2 rings (SSSR count). The molecule has 0 radical (unpaired) electrons. The molecule has 1 aliphatic rings. The quantitative estimate of drug-likeness (QED) is 0.750. The zero-order chi connectivity index (χ0) is 11.5. The normalized spacial score (nSPS) is 23.8. The Morgan fingerprint density at radius 3 is 2.88 bits per heavy atom. The van der Waals surface area contributed by atoms with Gasteiger partial charge in [-0.15, -0.1) is 0 Å². The molecule has 2 N–H and O–H groups in total. The average molecular weight is 223 g/mol. The van der Waals surface area contributed by atoms with E-state index in [-0.39, 0.29) is 0 Å². The van der Waals surface area contributed by atoms with E-state index in [2.05, 4.69) is 28.0 Å². The fourth-order valence-electron chi connectivity index (χ4n) is 2.24. The van der Waals surface area contributed by atoms with Crippen LogP contribution in [0.3, 0.4) is 0 Å². The lowest BCUT2D eigenvalue weighted by Gasteiger charge is -2.39. The molecule has 1 aliphatic heterocycles. The van der Waals surface area contributed by atoms with Gasteiger partial charge in [-0.2, -0.15) is 5.10 Å². The zero-order valence-corrected chi connectivity index (χ0v) is 10.1. The Hall–Kier alpha value is -0.910. The van der Waals surface area contributed by atoms with Gasteiger partial charge in [0, 0.05) is 52.0 Å². The molecule has 0 aliphatic carbocycles. The first kappa shape index (κ1) is 11.6. The van der Waals surface area contributed by atoms with Crippen LogP contribution >= 0.6 is 0 Å². The summed E-state index contributed by atoms with van der Waals surface area (Å²) in [5, 5.41) is 4.20. The smallest absolute Gasteiger partial charge is 0.0521 e. The van der Waals surface area contributed by atoms with Crippen molar-refractivity contribution < 1.29 is 0 Å². The Morgan fingerprint density at radius 1 is 1.44 bits per heavy atom. The van der Waals surface area contributed by atoms with Crippen molar-refractivity contribution in [2.75, 3.05) is 33.2 Å². The minimum Gasteiger partial charge on any atom is -0.329 e. The molecule has 1 aromatic heterocycles. The van der Waals surface area contributed by atoms with Crippen molar-refractivity contribution in [1.82, 2.24) is 19.6 Å². The summed E-state index contributed by atoms with van der Waals surface area (Å²) in [6.07, 6.45) is 1.85. The van der Waals surface area contributed by atoms with Crippen LogP contribution in [-0.2, 0) is 13.6 Å². The van der Waals surface area contributed by atoms with Crippen molar-refractivity contribution in [1.29, 1.82) is 0 Å². The topological polar surface area (TPSA) is 50.3 Å². The van der Waals surface area contributed by atoms with Crippen LogP contribution in [0.25, 0.3) is 0 Å². The van der Waals surface area contributed by atoms with E-state index in [4.69, 9.17) is 5.73 Å². The van der Waals surface area contributed by atoms with Gasteiger partial charge in [-0.1, -0.05) is 0 Å². The summed E-state index contributed by atoms with van der Waals surface area (Å²) in [5.74, 6) is 0. The highest BCUT2D eigenvalue weighted by molar-refractivity contribution is 5.01. The van der Waals surface area contributed by atoms with Crippen LogP contribution in [0.4, 0.5) is 0 Å². The van der Waals surface area contributed by atoms with E-state index >= 15 is 0 Å². The summed E-state index contributed by atoms with van der Waals surface area (Å²) >= 11 is 0. The maximum Gasteiger partial charge on any atom is 0.0521 e. The maximum atomic E-state index is 5.83. The third kappa shape index (κ3) is 2.42. The van der Waals surface area contributed by atoms with Crippen molar-refractivity contribution in [3.8, 4) is 0 Å². The molecule has 0 aromatic carbocycles. The highest BCUT2D eigenvalue weighted by Crippen LogP contribution is 2.11. The Morgan fingerprint density at radius 2 is 2.25 bits per heavy atom. The molecule has 90 valence electrons. The predicted molar refractivity (Wildman–Crippen MR) is 64.0 cm³/mol. The molecule has 16 heavy (non-hydrogen) atoms. The van der Waals surface area contributed by atoms with Crippen molar-refractivity contribution >= 4 is 0 Å². The molecule has 0 spiro atoms. The van der Waals surface area contributed by atoms with Crippen LogP contribution < -0.4 is 5.73 Å². The maximum absolute atomic E-state index is 5.83. The number of hydrogen-bond donors (Lipinski definition) is 1. The molecule has 0 bridgehead atoms. The van der Waals surface area contributed by atoms with Crippen molar-refractivity contribution in [2.24, 2.45) is 12.8 Å². The number of aromatic nitrogens is 2. The molecule has 1 aromatic rings. The molecule has 5 heteroatoms. The van der Waals surface area contributed by atoms with E-state index in [1.54, 1.807) is 0 Å². The first-order valence-electron chi connectivity index (χ1n) is 5.80. The number of aryl methyl sites for hydroxylation is 1. The molecule has 1 saturated heterocycles. The van der Waals surface area contributed by atoms with Crippen LogP contribution in [0.1, 0.15) is 5.69 Å². The van der Waals surface area contributed by atoms with Gasteiger partial charge in [0.05, 0.1) is 5.69 Å². The first-order valence-corrected chi connectivity index (χ1v) is 5.80. The van der Waals surface area contributed by atoms with Crippen molar-refractivity contribution in [2.45, 2.75) is 12.6 Å². The Kier molecular flexibility index (Phi) is 3.58. The number of likely N-dealkylation sites (N-methyl/N-ethyl adjacent to an activating group) is 1. The van der Waals surface area contributed by atoms with Crippen LogP contribution in [0.15, 0.2) is 12.3 Å². The van der Waals surface area contributed by atoms with Gasteiger partial charge in [-0.25, -0.2) is 0 Å². The fraction of sp³-hybridized carbons (Fsp3) is 0.727. The summed E-state index contributed by atoms with van der Waals surface area (Å²) in [4.78, 5) is 4.80. The van der Waals surface area contributed by atoms with E-state index in [0.29, 0.717) is 6.04 Å². The summed E-state index contributed by atoms with van der Waals surface area (Å²) in [6, 6.07) is 2.54. The lowest BCUT2D eigenvalue weighted by molar-refractivity contribution is 0.0859. The summed E-state index contributed by atoms with van der Waals surface area (Å²) in [6.45, 7) is 4.95. The van der Waals surface area contributed by atoms with E-state index in [1.165, 1.54) is 5.69 Å². The Labute approximate surface area is 96.8 Å². The van der Waals surface area contributed by atoms with Gasteiger partial charge in [-0.05, 0) is 13.1 Å². The van der Waals surface area contributed by atoms with Gasteiger partial charge in [0.25, 0.3) is 0 Å². The average Bonchev–Trinajstić information content (AvgIpc) is 2.67. The largest absolute Gasteiger partial charge is 0.329 e. The number of nitrogens with zero attached hydrogens (tertiary/aromatic N) is 4. The van der Waals surface area contributed by atoms with Crippen molar-refractivity contribution in [3.05, 3.63) is 18.0 Å². The van der Waals surface area contributed by atoms with Crippen LogP contribution in [-0.4, -0.2) is 58.8 Å². The molecule has 2 heterocycles. The van der Waals surface area contributed by atoms with E-state index < -0.39 is 0 Å². The second-order valence-electron chi connectivity index (χ2n) is 4.57. The number of piperazine rings is 1. The third-order valence-corrected chi connectivity index (χ3v) is 3.37. The monoisotopic (exact) mass is 223 g/mol.